The highest BCUT2D eigenvalue weighted by Crippen LogP contribution is 2.24. The molecule has 7 heteroatoms. The minimum Gasteiger partial charge on any atom is -0.335 e. The molecule has 1 atom stereocenters. The summed E-state index contributed by atoms with van der Waals surface area (Å²) in [6, 6.07) is 3.60. The van der Waals surface area contributed by atoms with Crippen molar-refractivity contribution in [2.45, 2.75) is 25.8 Å². The minimum absolute atomic E-state index is 0.0115. The lowest BCUT2D eigenvalue weighted by Crippen LogP contribution is -2.41. The van der Waals surface area contributed by atoms with E-state index in [1.54, 1.807) is 4.90 Å². The lowest BCUT2D eigenvalue weighted by Gasteiger charge is -2.28. The van der Waals surface area contributed by atoms with Gasteiger partial charge in [0.1, 0.15) is 5.82 Å². The molecule has 1 fully saturated rings. The predicted octanol–water partition coefficient (Wildman–Crippen LogP) is 2.63. The van der Waals surface area contributed by atoms with E-state index < -0.39 is 15.7 Å². The van der Waals surface area contributed by atoms with Gasteiger partial charge in [-0.2, -0.15) is 0 Å². The van der Waals surface area contributed by atoms with Gasteiger partial charge in [-0.15, -0.1) is 0 Å². The highest BCUT2D eigenvalue weighted by Gasteiger charge is 2.35. The zero-order valence-electron chi connectivity index (χ0n) is 11.7. The summed E-state index contributed by atoms with van der Waals surface area (Å²) in [5, 5.41) is 0. The standard InChI is InChI=1S/C14H17BrFNO3S/c1-2-6-17(11-5-7-21(19,20)9-11)14(18)12-4-3-10(16)8-13(12)15/h3-4,8,11H,2,5-7,9H2,1H3. The van der Waals surface area contributed by atoms with Gasteiger partial charge in [0, 0.05) is 17.1 Å². The van der Waals surface area contributed by atoms with E-state index in [0.717, 1.165) is 6.42 Å². The highest BCUT2D eigenvalue weighted by atomic mass is 79.9. The van der Waals surface area contributed by atoms with Crippen molar-refractivity contribution in [3.05, 3.63) is 34.1 Å². The van der Waals surface area contributed by atoms with E-state index in [4.69, 9.17) is 0 Å². The Morgan fingerprint density at radius 2 is 2.19 bits per heavy atom. The number of rotatable bonds is 4. The first-order valence-corrected chi connectivity index (χ1v) is 9.42. The van der Waals surface area contributed by atoms with Crippen LogP contribution in [0.4, 0.5) is 4.39 Å². The van der Waals surface area contributed by atoms with Crippen LogP contribution in [0.2, 0.25) is 0 Å². The van der Waals surface area contributed by atoms with Crippen molar-refractivity contribution in [3.63, 3.8) is 0 Å². The normalized spacial score (nSPS) is 20.4. The molecule has 4 nitrogen and oxygen atoms in total. The van der Waals surface area contributed by atoms with Gasteiger partial charge in [-0.05, 0) is 47.0 Å². The Balaban J connectivity index is 2.27. The van der Waals surface area contributed by atoms with Crippen molar-refractivity contribution in [1.29, 1.82) is 0 Å². The Hall–Kier alpha value is -0.950. The summed E-state index contributed by atoms with van der Waals surface area (Å²) >= 11 is 3.19. The summed E-state index contributed by atoms with van der Waals surface area (Å²) in [5.74, 6) is -0.553. The maximum absolute atomic E-state index is 13.1. The first-order valence-electron chi connectivity index (χ1n) is 6.80. The smallest absolute Gasteiger partial charge is 0.255 e. The van der Waals surface area contributed by atoms with E-state index in [1.807, 2.05) is 6.92 Å². The van der Waals surface area contributed by atoms with Gasteiger partial charge in [-0.3, -0.25) is 4.79 Å². The topological polar surface area (TPSA) is 54.5 Å². The third-order valence-electron chi connectivity index (χ3n) is 3.54. The molecule has 1 aliphatic heterocycles. The van der Waals surface area contributed by atoms with Crippen molar-refractivity contribution < 1.29 is 17.6 Å². The summed E-state index contributed by atoms with van der Waals surface area (Å²) in [5.41, 5.74) is 0.356. The molecular weight excluding hydrogens is 361 g/mol. The van der Waals surface area contributed by atoms with Crippen LogP contribution in [0.1, 0.15) is 30.1 Å². The SMILES string of the molecule is CCCN(C(=O)c1ccc(F)cc1Br)C1CCS(=O)(=O)C1. The summed E-state index contributed by atoms with van der Waals surface area (Å²) in [6.45, 7) is 2.42. The van der Waals surface area contributed by atoms with Crippen LogP contribution in [0.5, 0.6) is 0 Å². The zero-order valence-corrected chi connectivity index (χ0v) is 14.1. The maximum atomic E-state index is 13.1. The first-order chi connectivity index (χ1) is 9.84. The van der Waals surface area contributed by atoms with Crippen molar-refractivity contribution >= 4 is 31.7 Å². The largest absolute Gasteiger partial charge is 0.335 e. The summed E-state index contributed by atoms with van der Waals surface area (Å²) in [7, 11) is -3.06. The van der Waals surface area contributed by atoms with Crippen LogP contribution >= 0.6 is 15.9 Å². The number of hydrogen-bond donors (Lipinski definition) is 0. The molecule has 1 aromatic carbocycles. The van der Waals surface area contributed by atoms with Gasteiger partial charge in [0.2, 0.25) is 0 Å². The molecule has 2 rings (SSSR count). The Labute approximate surface area is 132 Å². The van der Waals surface area contributed by atoms with E-state index in [0.29, 0.717) is 23.0 Å². The van der Waals surface area contributed by atoms with Crippen LogP contribution in [0.15, 0.2) is 22.7 Å². The van der Waals surface area contributed by atoms with Gasteiger partial charge in [0.05, 0.1) is 17.1 Å². The highest BCUT2D eigenvalue weighted by molar-refractivity contribution is 9.10. The van der Waals surface area contributed by atoms with E-state index in [1.165, 1.54) is 18.2 Å². The minimum atomic E-state index is -3.06. The van der Waals surface area contributed by atoms with Crippen LogP contribution in [-0.4, -0.2) is 43.3 Å². The van der Waals surface area contributed by atoms with Crippen LogP contribution in [0, 0.1) is 5.82 Å². The van der Waals surface area contributed by atoms with Crippen LogP contribution < -0.4 is 0 Å². The number of hydrogen-bond acceptors (Lipinski definition) is 3. The fourth-order valence-corrected chi connectivity index (χ4v) is 4.78. The Morgan fingerprint density at radius 3 is 2.71 bits per heavy atom. The molecule has 0 spiro atoms. The molecule has 1 heterocycles. The number of carbonyl (C=O) groups is 1. The summed E-state index contributed by atoms with van der Waals surface area (Å²) in [4.78, 5) is 14.2. The molecule has 0 aliphatic carbocycles. The third-order valence-corrected chi connectivity index (χ3v) is 5.94. The van der Waals surface area contributed by atoms with Gasteiger partial charge < -0.3 is 4.90 Å². The van der Waals surface area contributed by atoms with Crippen molar-refractivity contribution in [2.24, 2.45) is 0 Å². The average molecular weight is 378 g/mol. The second-order valence-electron chi connectivity index (χ2n) is 5.18. The lowest BCUT2D eigenvalue weighted by molar-refractivity contribution is 0.0696. The van der Waals surface area contributed by atoms with E-state index in [9.17, 15) is 17.6 Å². The third kappa shape index (κ3) is 3.83. The average Bonchev–Trinajstić information content (AvgIpc) is 2.75. The summed E-state index contributed by atoms with van der Waals surface area (Å²) in [6.07, 6.45) is 1.20. The van der Waals surface area contributed by atoms with Gasteiger partial charge in [0.25, 0.3) is 5.91 Å². The molecule has 0 N–H and O–H groups in total. The molecular formula is C14H17BrFNO3S. The number of amides is 1. The fourth-order valence-electron chi connectivity index (χ4n) is 2.53. The monoisotopic (exact) mass is 377 g/mol. The number of halogens is 2. The van der Waals surface area contributed by atoms with Gasteiger partial charge >= 0.3 is 0 Å². The van der Waals surface area contributed by atoms with E-state index in [-0.39, 0.29) is 23.5 Å². The molecule has 0 bridgehead atoms. The van der Waals surface area contributed by atoms with Crippen molar-refractivity contribution in [3.8, 4) is 0 Å². The molecule has 116 valence electrons. The number of sulfone groups is 1. The predicted molar refractivity (Wildman–Crippen MR) is 82.5 cm³/mol. The molecule has 1 unspecified atom stereocenters. The zero-order chi connectivity index (χ0) is 15.6. The molecule has 0 radical (unpaired) electrons. The maximum Gasteiger partial charge on any atom is 0.255 e. The second-order valence-corrected chi connectivity index (χ2v) is 8.26. The van der Waals surface area contributed by atoms with Gasteiger partial charge in [0.15, 0.2) is 9.84 Å². The molecule has 21 heavy (non-hydrogen) atoms. The van der Waals surface area contributed by atoms with Crippen LogP contribution in [-0.2, 0) is 9.84 Å². The Kier molecular flexibility index (Phi) is 5.03. The molecule has 1 aliphatic rings. The number of benzene rings is 1. The van der Waals surface area contributed by atoms with Gasteiger partial charge in [-0.25, -0.2) is 12.8 Å². The van der Waals surface area contributed by atoms with Crippen LogP contribution in [0.3, 0.4) is 0 Å². The summed E-state index contributed by atoms with van der Waals surface area (Å²) < 4.78 is 36.8. The molecule has 1 aromatic rings. The number of carbonyl (C=O) groups excluding carboxylic acids is 1. The Morgan fingerprint density at radius 1 is 1.48 bits per heavy atom. The van der Waals surface area contributed by atoms with E-state index in [2.05, 4.69) is 15.9 Å². The second kappa shape index (κ2) is 6.44. The number of nitrogens with zero attached hydrogens (tertiary/aromatic N) is 1. The van der Waals surface area contributed by atoms with Crippen LogP contribution in [0.25, 0.3) is 0 Å². The first kappa shape index (κ1) is 16.4. The van der Waals surface area contributed by atoms with Crippen molar-refractivity contribution in [1.82, 2.24) is 4.90 Å². The Bertz CT molecular complexity index is 648. The molecule has 0 saturated carbocycles. The lowest BCUT2D eigenvalue weighted by atomic mass is 10.1. The molecule has 0 aromatic heterocycles. The quantitative estimate of drug-likeness (QED) is 0.810. The van der Waals surface area contributed by atoms with Crippen molar-refractivity contribution in [2.75, 3.05) is 18.1 Å². The fraction of sp³-hybridized carbons (Fsp3) is 0.500. The molecule has 1 amide bonds. The van der Waals surface area contributed by atoms with E-state index >= 15 is 0 Å². The van der Waals surface area contributed by atoms with Gasteiger partial charge in [-0.1, -0.05) is 6.92 Å². The molecule has 1 saturated heterocycles.